The summed E-state index contributed by atoms with van der Waals surface area (Å²) in [6, 6.07) is 9.52. The van der Waals surface area contributed by atoms with Crippen LogP contribution in [0.1, 0.15) is 33.1 Å². The van der Waals surface area contributed by atoms with Gasteiger partial charge in [-0.15, -0.1) is 11.8 Å². The van der Waals surface area contributed by atoms with Crippen molar-refractivity contribution in [3.8, 4) is 6.07 Å². The minimum atomic E-state index is -0.382. The van der Waals surface area contributed by atoms with Crippen LogP contribution in [0.2, 0.25) is 0 Å². The molecule has 1 rings (SSSR count). The van der Waals surface area contributed by atoms with Crippen LogP contribution >= 0.6 is 11.8 Å². The van der Waals surface area contributed by atoms with Gasteiger partial charge in [0.2, 0.25) is 5.91 Å². The van der Waals surface area contributed by atoms with Crippen LogP contribution in [0.4, 0.5) is 5.69 Å². The molecule has 124 valence electrons. The Labute approximate surface area is 141 Å². The molecule has 1 amide bonds. The Balaban J connectivity index is 2.73. The van der Waals surface area contributed by atoms with E-state index in [0.29, 0.717) is 12.3 Å². The van der Waals surface area contributed by atoms with Crippen LogP contribution in [0.5, 0.6) is 0 Å². The van der Waals surface area contributed by atoms with E-state index >= 15 is 0 Å². The summed E-state index contributed by atoms with van der Waals surface area (Å²) >= 11 is 1.67. The second-order valence-corrected chi connectivity index (χ2v) is 6.13. The van der Waals surface area contributed by atoms with E-state index in [1.165, 1.54) is 4.90 Å². The fourth-order valence-corrected chi connectivity index (χ4v) is 2.65. The minimum absolute atomic E-state index is 0.0319. The first kappa shape index (κ1) is 19.0. The molecule has 0 aliphatic rings. The zero-order chi connectivity index (χ0) is 17.1. The Kier molecular flexibility index (Phi) is 8.85. The Morgan fingerprint density at radius 2 is 2.09 bits per heavy atom. The van der Waals surface area contributed by atoms with Gasteiger partial charge in [-0.05, 0) is 30.4 Å². The van der Waals surface area contributed by atoms with Crippen molar-refractivity contribution in [3.63, 3.8) is 0 Å². The number of benzene rings is 1. The number of rotatable bonds is 9. The Morgan fingerprint density at radius 1 is 1.30 bits per heavy atom. The SMILES string of the molecule is CCCOC(=O)CCC(=O)N(CC#N)c1cccc(SCC)c1. The first-order chi connectivity index (χ1) is 11.1. The molecule has 0 radical (unpaired) electrons. The van der Waals surface area contributed by atoms with E-state index < -0.39 is 0 Å². The first-order valence-corrected chi connectivity index (χ1v) is 8.66. The van der Waals surface area contributed by atoms with E-state index in [1.807, 2.05) is 31.2 Å². The highest BCUT2D eigenvalue weighted by Crippen LogP contribution is 2.24. The monoisotopic (exact) mass is 334 g/mol. The van der Waals surface area contributed by atoms with E-state index in [2.05, 4.69) is 6.92 Å². The number of ether oxygens (including phenoxy) is 1. The van der Waals surface area contributed by atoms with Crippen molar-refractivity contribution >= 4 is 29.3 Å². The van der Waals surface area contributed by atoms with Gasteiger partial charge in [-0.1, -0.05) is 19.9 Å². The quantitative estimate of drug-likeness (QED) is 0.393. The fraction of sp³-hybridized carbons (Fsp3) is 0.471. The smallest absolute Gasteiger partial charge is 0.306 e. The zero-order valence-electron chi connectivity index (χ0n) is 13.6. The highest BCUT2D eigenvalue weighted by atomic mass is 32.2. The van der Waals surface area contributed by atoms with Gasteiger partial charge < -0.3 is 4.74 Å². The number of esters is 1. The average Bonchev–Trinajstić information content (AvgIpc) is 2.56. The van der Waals surface area contributed by atoms with Gasteiger partial charge in [0.25, 0.3) is 0 Å². The van der Waals surface area contributed by atoms with Gasteiger partial charge in [0.05, 0.1) is 19.1 Å². The number of hydrogen-bond acceptors (Lipinski definition) is 5. The maximum absolute atomic E-state index is 12.3. The number of anilines is 1. The molecular weight excluding hydrogens is 312 g/mol. The fourth-order valence-electron chi connectivity index (χ4n) is 1.93. The van der Waals surface area contributed by atoms with Crippen molar-refractivity contribution in [3.05, 3.63) is 24.3 Å². The third-order valence-corrected chi connectivity index (χ3v) is 3.86. The van der Waals surface area contributed by atoms with Crippen molar-refractivity contribution in [2.45, 2.75) is 38.0 Å². The van der Waals surface area contributed by atoms with Gasteiger partial charge >= 0.3 is 5.97 Å². The highest BCUT2D eigenvalue weighted by Gasteiger charge is 2.17. The van der Waals surface area contributed by atoms with Gasteiger partial charge in [0.1, 0.15) is 6.54 Å². The minimum Gasteiger partial charge on any atom is -0.466 e. The number of carbonyl (C=O) groups excluding carboxylic acids is 2. The maximum atomic E-state index is 12.3. The van der Waals surface area contributed by atoms with E-state index in [4.69, 9.17) is 10.00 Å². The maximum Gasteiger partial charge on any atom is 0.306 e. The summed E-state index contributed by atoms with van der Waals surface area (Å²) in [6.45, 7) is 4.29. The third kappa shape index (κ3) is 6.74. The average molecular weight is 334 g/mol. The molecule has 23 heavy (non-hydrogen) atoms. The number of thioether (sulfide) groups is 1. The van der Waals surface area contributed by atoms with Crippen LogP contribution < -0.4 is 4.90 Å². The van der Waals surface area contributed by atoms with Crippen LogP contribution in [0.25, 0.3) is 0 Å². The summed E-state index contributed by atoms with van der Waals surface area (Å²) in [5.41, 5.74) is 0.678. The van der Waals surface area contributed by atoms with Crippen LogP contribution in [-0.2, 0) is 14.3 Å². The predicted octanol–water partition coefficient (Wildman–Crippen LogP) is 3.39. The normalized spacial score (nSPS) is 9.96. The largest absolute Gasteiger partial charge is 0.466 e. The molecule has 0 unspecified atom stereocenters. The zero-order valence-corrected chi connectivity index (χ0v) is 14.4. The molecule has 0 bridgehead atoms. The molecule has 1 aromatic rings. The molecule has 0 N–H and O–H groups in total. The highest BCUT2D eigenvalue weighted by molar-refractivity contribution is 7.99. The molecule has 0 aliphatic carbocycles. The molecule has 5 nitrogen and oxygen atoms in total. The predicted molar refractivity (Wildman–Crippen MR) is 91.3 cm³/mol. The molecule has 1 aromatic carbocycles. The summed E-state index contributed by atoms with van der Waals surface area (Å²) in [4.78, 5) is 26.3. The van der Waals surface area contributed by atoms with Crippen molar-refractivity contribution in [2.24, 2.45) is 0 Å². The lowest BCUT2D eigenvalue weighted by Gasteiger charge is -2.20. The summed E-state index contributed by atoms with van der Waals surface area (Å²) in [7, 11) is 0. The van der Waals surface area contributed by atoms with Crippen LogP contribution in [0.3, 0.4) is 0 Å². The molecule has 0 saturated carbocycles. The number of carbonyl (C=O) groups is 2. The van der Waals surface area contributed by atoms with Crippen LogP contribution in [0.15, 0.2) is 29.2 Å². The second-order valence-electron chi connectivity index (χ2n) is 4.79. The van der Waals surface area contributed by atoms with Gasteiger partial charge in [0, 0.05) is 17.0 Å². The molecule has 0 fully saturated rings. The van der Waals surface area contributed by atoms with E-state index in [9.17, 15) is 9.59 Å². The van der Waals surface area contributed by atoms with Gasteiger partial charge in [0.15, 0.2) is 0 Å². The van der Waals surface area contributed by atoms with Crippen LogP contribution in [0, 0.1) is 11.3 Å². The summed E-state index contributed by atoms with van der Waals surface area (Å²) in [5.74, 6) is 0.296. The lowest BCUT2D eigenvalue weighted by atomic mass is 10.2. The number of hydrogen-bond donors (Lipinski definition) is 0. The lowest BCUT2D eigenvalue weighted by molar-refractivity contribution is -0.144. The van der Waals surface area contributed by atoms with E-state index in [0.717, 1.165) is 17.1 Å². The molecule has 0 spiro atoms. The Morgan fingerprint density at radius 3 is 2.74 bits per heavy atom. The topological polar surface area (TPSA) is 70.4 Å². The molecular formula is C17H22N2O3S. The van der Waals surface area contributed by atoms with Crippen molar-refractivity contribution in [1.82, 2.24) is 0 Å². The molecule has 0 atom stereocenters. The molecule has 0 saturated heterocycles. The number of amides is 1. The number of nitriles is 1. The van der Waals surface area contributed by atoms with Crippen molar-refractivity contribution < 1.29 is 14.3 Å². The van der Waals surface area contributed by atoms with Crippen molar-refractivity contribution in [2.75, 3.05) is 23.8 Å². The summed E-state index contributed by atoms with van der Waals surface area (Å²) in [6.07, 6.45) is 0.821. The first-order valence-electron chi connectivity index (χ1n) is 7.68. The number of nitrogens with zero attached hydrogens (tertiary/aromatic N) is 2. The molecule has 0 heterocycles. The standard InChI is InChI=1S/C17H22N2O3S/c1-3-12-22-17(21)9-8-16(20)19(11-10-18)14-6-5-7-15(13-14)23-4-2/h5-7,13H,3-4,8-9,11-12H2,1-2H3. The van der Waals surface area contributed by atoms with Gasteiger partial charge in [-0.3, -0.25) is 14.5 Å². The Hall–Kier alpha value is -2.00. The van der Waals surface area contributed by atoms with E-state index in [-0.39, 0.29) is 31.3 Å². The molecule has 6 heteroatoms. The summed E-state index contributed by atoms with van der Waals surface area (Å²) in [5, 5.41) is 8.97. The molecule has 0 aromatic heterocycles. The molecule has 0 aliphatic heterocycles. The summed E-state index contributed by atoms with van der Waals surface area (Å²) < 4.78 is 4.96. The van der Waals surface area contributed by atoms with Crippen LogP contribution in [-0.4, -0.2) is 30.8 Å². The van der Waals surface area contributed by atoms with Gasteiger partial charge in [-0.2, -0.15) is 5.26 Å². The van der Waals surface area contributed by atoms with Crippen molar-refractivity contribution in [1.29, 1.82) is 5.26 Å². The lowest BCUT2D eigenvalue weighted by Crippen LogP contribution is -2.31. The third-order valence-electron chi connectivity index (χ3n) is 2.98. The second kappa shape index (κ2) is 10.7. The Bertz CT molecular complexity index is 569. The van der Waals surface area contributed by atoms with Gasteiger partial charge in [-0.25, -0.2) is 0 Å². The van der Waals surface area contributed by atoms with E-state index in [1.54, 1.807) is 17.8 Å².